The van der Waals surface area contributed by atoms with Crippen LogP contribution in [0, 0.1) is 13.8 Å². The molecule has 0 amide bonds. The summed E-state index contributed by atoms with van der Waals surface area (Å²) in [6.45, 7) is 7.95. The highest BCUT2D eigenvalue weighted by atomic mass is 15.0. The van der Waals surface area contributed by atoms with Crippen LogP contribution in [0.25, 0.3) is 11.3 Å². The Kier molecular flexibility index (Phi) is 4.05. The van der Waals surface area contributed by atoms with Crippen molar-refractivity contribution >= 4 is 0 Å². The molecule has 0 unspecified atom stereocenters. The van der Waals surface area contributed by atoms with E-state index in [0.717, 1.165) is 24.6 Å². The fraction of sp³-hybridized carbons (Fsp3) is 0.333. The summed E-state index contributed by atoms with van der Waals surface area (Å²) in [5, 5.41) is 3.24. The Hall–Kier alpha value is -1.74. The Morgan fingerprint density at radius 1 is 1.17 bits per heavy atom. The summed E-state index contributed by atoms with van der Waals surface area (Å²) >= 11 is 0. The first-order valence-corrected chi connectivity index (χ1v) is 6.31. The molecule has 0 aliphatic heterocycles. The van der Waals surface area contributed by atoms with Crippen molar-refractivity contribution in [1.82, 2.24) is 15.3 Å². The smallest absolute Gasteiger partial charge is 0.142 e. The zero-order valence-corrected chi connectivity index (χ0v) is 11.2. The van der Waals surface area contributed by atoms with Crippen molar-refractivity contribution in [3.8, 4) is 11.3 Å². The van der Waals surface area contributed by atoms with Gasteiger partial charge in [0.05, 0.1) is 12.2 Å². The molecule has 0 bridgehead atoms. The first kappa shape index (κ1) is 12.7. The molecule has 94 valence electrons. The standard InChI is InChI=1S/C15H19N3/c1-4-16-10-15-17-8-7-14(18-15)13-6-5-11(2)9-12(13)3/h5-9,16H,4,10H2,1-3H3. The van der Waals surface area contributed by atoms with Crippen molar-refractivity contribution in [3.05, 3.63) is 47.4 Å². The Bertz CT molecular complexity index is 535. The second-order valence-corrected chi connectivity index (χ2v) is 4.46. The summed E-state index contributed by atoms with van der Waals surface area (Å²) in [5.41, 5.74) is 4.71. The zero-order valence-electron chi connectivity index (χ0n) is 11.2. The van der Waals surface area contributed by atoms with E-state index in [2.05, 4.69) is 54.3 Å². The molecular weight excluding hydrogens is 222 g/mol. The van der Waals surface area contributed by atoms with Gasteiger partial charge >= 0.3 is 0 Å². The molecule has 0 spiro atoms. The Balaban J connectivity index is 2.32. The second kappa shape index (κ2) is 5.74. The van der Waals surface area contributed by atoms with Crippen LogP contribution < -0.4 is 5.32 Å². The van der Waals surface area contributed by atoms with Gasteiger partial charge in [0.15, 0.2) is 0 Å². The Labute approximate surface area is 108 Å². The predicted octanol–water partition coefficient (Wildman–Crippen LogP) is 2.87. The zero-order chi connectivity index (χ0) is 13.0. The number of rotatable bonds is 4. The highest BCUT2D eigenvalue weighted by Gasteiger charge is 2.05. The monoisotopic (exact) mass is 241 g/mol. The molecule has 3 nitrogen and oxygen atoms in total. The lowest BCUT2D eigenvalue weighted by molar-refractivity contribution is 0.691. The van der Waals surface area contributed by atoms with Crippen molar-refractivity contribution in [1.29, 1.82) is 0 Å². The molecule has 0 saturated heterocycles. The van der Waals surface area contributed by atoms with E-state index in [1.54, 1.807) is 0 Å². The van der Waals surface area contributed by atoms with E-state index in [-0.39, 0.29) is 0 Å². The highest BCUT2D eigenvalue weighted by Crippen LogP contribution is 2.21. The minimum Gasteiger partial charge on any atom is -0.310 e. The van der Waals surface area contributed by atoms with Gasteiger partial charge in [-0.15, -0.1) is 0 Å². The number of aromatic nitrogens is 2. The molecule has 2 rings (SSSR count). The van der Waals surface area contributed by atoms with E-state index in [1.807, 2.05) is 12.3 Å². The summed E-state index contributed by atoms with van der Waals surface area (Å²) in [6.07, 6.45) is 1.83. The van der Waals surface area contributed by atoms with Crippen LogP contribution in [0.3, 0.4) is 0 Å². The first-order valence-electron chi connectivity index (χ1n) is 6.31. The largest absolute Gasteiger partial charge is 0.310 e. The van der Waals surface area contributed by atoms with Crippen molar-refractivity contribution < 1.29 is 0 Å². The van der Waals surface area contributed by atoms with Crippen molar-refractivity contribution in [2.45, 2.75) is 27.3 Å². The number of aryl methyl sites for hydroxylation is 2. The number of hydrogen-bond acceptors (Lipinski definition) is 3. The molecule has 0 aliphatic carbocycles. The van der Waals surface area contributed by atoms with Gasteiger partial charge in [-0.2, -0.15) is 0 Å². The van der Waals surface area contributed by atoms with Gasteiger partial charge in [-0.3, -0.25) is 0 Å². The van der Waals surface area contributed by atoms with E-state index in [1.165, 1.54) is 16.7 Å². The van der Waals surface area contributed by atoms with Crippen LogP contribution in [0.5, 0.6) is 0 Å². The molecule has 1 aromatic carbocycles. The van der Waals surface area contributed by atoms with Gasteiger partial charge in [0.1, 0.15) is 5.82 Å². The number of nitrogens with zero attached hydrogens (tertiary/aromatic N) is 2. The average molecular weight is 241 g/mol. The molecular formula is C15H19N3. The third-order valence-corrected chi connectivity index (χ3v) is 2.90. The number of hydrogen-bond donors (Lipinski definition) is 1. The first-order chi connectivity index (χ1) is 8.70. The van der Waals surface area contributed by atoms with Gasteiger partial charge in [-0.25, -0.2) is 9.97 Å². The summed E-state index contributed by atoms with van der Waals surface area (Å²) < 4.78 is 0. The molecule has 3 heteroatoms. The molecule has 1 aromatic heterocycles. The molecule has 0 aliphatic rings. The van der Waals surface area contributed by atoms with Crippen molar-refractivity contribution in [2.24, 2.45) is 0 Å². The SMILES string of the molecule is CCNCc1nccc(-c2ccc(C)cc2C)n1. The second-order valence-electron chi connectivity index (χ2n) is 4.46. The third-order valence-electron chi connectivity index (χ3n) is 2.90. The summed E-state index contributed by atoms with van der Waals surface area (Å²) in [6, 6.07) is 8.40. The topological polar surface area (TPSA) is 37.8 Å². The van der Waals surface area contributed by atoms with E-state index in [4.69, 9.17) is 0 Å². The molecule has 2 aromatic rings. The minimum absolute atomic E-state index is 0.718. The lowest BCUT2D eigenvalue weighted by Gasteiger charge is -2.08. The fourth-order valence-electron chi connectivity index (χ4n) is 1.97. The molecule has 0 fully saturated rings. The number of nitrogens with one attached hydrogen (secondary N) is 1. The van der Waals surface area contributed by atoms with E-state index in [0.29, 0.717) is 0 Å². The normalized spacial score (nSPS) is 10.6. The fourth-order valence-corrected chi connectivity index (χ4v) is 1.97. The van der Waals surface area contributed by atoms with E-state index < -0.39 is 0 Å². The van der Waals surface area contributed by atoms with E-state index in [9.17, 15) is 0 Å². The van der Waals surface area contributed by atoms with Gasteiger partial charge < -0.3 is 5.32 Å². The van der Waals surface area contributed by atoms with Gasteiger partial charge in [-0.05, 0) is 32.0 Å². The van der Waals surface area contributed by atoms with Gasteiger partial charge in [0.25, 0.3) is 0 Å². The summed E-state index contributed by atoms with van der Waals surface area (Å²) in [7, 11) is 0. The third kappa shape index (κ3) is 2.93. The van der Waals surface area contributed by atoms with Crippen LogP contribution in [0.2, 0.25) is 0 Å². The lowest BCUT2D eigenvalue weighted by Crippen LogP contribution is -2.14. The van der Waals surface area contributed by atoms with Crippen molar-refractivity contribution in [3.63, 3.8) is 0 Å². The van der Waals surface area contributed by atoms with Gasteiger partial charge in [-0.1, -0.05) is 30.7 Å². The van der Waals surface area contributed by atoms with Crippen LogP contribution in [0.4, 0.5) is 0 Å². The van der Waals surface area contributed by atoms with Crippen LogP contribution in [-0.4, -0.2) is 16.5 Å². The molecule has 18 heavy (non-hydrogen) atoms. The number of benzene rings is 1. The van der Waals surface area contributed by atoms with E-state index >= 15 is 0 Å². The molecule has 1 heterocycles. The summed E-state index contributed by atoms with van der Waals surface area (Å²) in [5.74, 6) is 0.842. The predicted molar refractivity (Wildman–Crippen MR) is 74.3 cm³/mol. The molecule has 0 radical (unpaired) electrons. The average Bonchev–Trinajstić information content (AvgIpc) is 2.36. The van der Waals surface area contributed by atoms with Crippen LogP contribution in [0.1, 0.15) is 23.9 Å². The van der Waals surface area contributed by atoms with Crippen LogP contribution >= 0.6 is 0 Å². The van der Waals surface area contributed by atoms with Gasteiger partial charge in [0.2, 0.25) is 0 Å². The molecule has 0 saturated carbocycles. The Morgan fingerprint density at radius 3 is 2.72 bits per heavy atom. The maximum Gasteiger partial charge on any atom is 0.142 e. The molecule has 1 N–H and O–H groups in total. The lowest BCUT2D eigenvalue weighted by atomic mass is 10.0. The van der Waals surface area contributed by atoms with Crippen molar-refractivity contribution in [2.75, 3.05) is 6.54 Å². The highest BCUT2D eigenvalue weighted by molar-refractivity contribution is 5.63. The van der Waals surface area contributed by atoms with Crippen LogP contribution in [0.15, 0.2) is 30.5 Å². The maximum atomic E-state index is 4.60. The summed E-state index contributed by atoms with van der Waals surface area (Å²) in [4.78, 5) is 8.87. The van der Waals surface area contributed by atoms with Crippen LogP contribution in [-0.2, 0) is 6.54 Å². The van der Waals surface area contributed by atoms with Gasteiger partial charge in [0, 0.05) is 11.8 Å². The molecule has 0 atom stereocenters. The minimum atomic E-state index is 0.718. The maximum absolute atomic E-state index is 4.60. The Morgan fingerprint density at radius 2 is 2.00 bits per heavy atom. The quantitative estimate of drug-likeness (QED) is 0.894.